The van der Waals surface area contributed by atoms with Gasteiger partial charge in [0.1, 0.15) is 23.5 Å². The number of esters is 1. The third-order valence-electron chi connectivity index (χ3n) is 5.58. The zero-order valence-corrected chi connectivity index (χ0v) is 16.6. The van der Waals surface area contributed by atoms with Crippen molar-refractivity contribution in [3.63, 3.8) is 0 Å². The van der Waals surface area contributed by atoms with Crippen LogP contribution in [0, 0.1) is 6.92 Å². The first kappa shape index (κ1) is 19.2. The average Bonchev–Trinajstić information content (AvgIpc) is 3.13. The van der Waals surface area contributed by atoms with E-state index < -0.39 is 11.6 Å². The Hall–Kier alpha value is -3.09. The van der Waals surface area contributed by atoms with E-state index in [1.807, 2.05) is 11.6 Å². The van der Waals surface area contributed by atoms with Gasteiger partial charge in [-0.1, -0.05) is 19.3 Å². The highest BCUT2D eigenvalue weighted by atomic mass is 16.5. The largest absolute Gasteiger partial charge is 0.497 e. The molecule has 0 saturated heterocycles. The lowest BCUT2D eigenvalue weighted by atomic mass is 9.95. The fourth-order valence-corrected chi connectivity index (χ4v) is 4.00. The van der Waals surface area contributed by atoms with E-state index in [4.69, 9.17) is 13.9 Å². The van der Waals surface area contributed by atoms with Crippen molar-refractivity contribution >= 4 is 16.9 Å². The van der Waals surface area contributed by atoms with Gasteiger partial charge in [0.05, 0.1) is 25.0 Å². The van der Waals surface area contributed by atoms with Crippen LogP contribution in [-0.4, -0.2) is 22.9 Å². The Labute approximate surface area is 168 Å². The second kappa shape index (κ2) is 8.11. The summed E-state index contributed by atoms with van der Waals surface area (Å²) in [5, 5.41) is 5.14. The molecule has 7 heteroatoms. The second-order valence-corrected chi connectivity index (χ2v) is 7.41. The number of rotatable bonds is 5. The van der Waals surface area contributed by atoms with E-state index in [-0.39, 0.29) is 6.61 Å². The fourth-order valence-electron chi connectivity index (χ4n) is 4.00. The molecule has 1 aliphatic carbocycles. The molecule has 2 heterocycles. The Bertz CT molecular complexity index is 1090. The molecule has 3 aromatic rings. The molecule has 152 valence electrons. The lowest BCUT2D eigenvalue weighted by Crippen LogP contribution is -2.16. The first-order chi connectivity index (χ1) is 14.1. The molecule has 2 aromatic heterocycles. The Morgan fingerprint density at radius 3 is 2.79 bits per heavy atom. The molecule has 1 saturated carbocycles. The summed E-state index contributed by atoms with van der Waals surface area (Å²) in [5.41, 5.74) is 1.76. The van der Waals surface area contributed by atoms with Crippen LogP contribution in [0.2, 0.25) is 0 Å². The van der Waals surface area contributed by atoms with Gasteiger partial charge in [-0.2, -0.15) is 5.10 Å². The summed E-state index contributed by atoms with van der Waals surface area (Å²) in [7, 11) is 1.54. The Kier molecular flexibility index (Phi) is 5.38. The monoisotopic (exact) mass is 396 g/mol. The number of hydrogen-bond donors (Lipinski definition) is 0. The van der Waals surface area contributed by atoms with E-state index in [2.05, 4.69) is 5.10 Å². The molecular formula is C22H24N2O5. The molecule has 0 bridgehead atoms. The first-order valence-corrected chi connectivity index (χ1v) is 9.89. The average molecular weight is 396 g/mol. The number of aromatic nitrogens is 2. The smallest absolute Gasteiger partial charge is 0.341 e. The molecule has 1 aromatic carbocycles. The molecule has 0 spiro atoms. The SMILES string of the molecule is COc1ccc2c(COC(=O)c3cnn(C4CCCCC4)c3C)cc(=O)oc2c1. The molecule has 29 heavy (non-hydrogen) atoms. The predicted octanol–water partition coefficient (Wildman–Crippen LogP) is 4.17. The zero-order valence-electron chi connectivity index (χ0n) is 16.6. The summed E-state index contributed by atoms with van der Waals surface area (Å²) >= 11 is 0. The molecule has 4 rings (SSSR count). The van der Waals surface area contributed by atoms with Crippen molar-refractivity contribution < 1.29 is 18.7 Å². The van der Waals surface area contributed by atoms with Gasteiger partial charge < -0.3 is 13.9 Å². The van der Waals surface area contributed by atoms with Gasteiger partial charge in [-0.15, -0.1) is 0 Å². The van der Waals surface area contributed by atoms with Crippen LogP contribution in [0.3, 0.4) is 0 Å². The molecule has 7 nitrogen and oxygen atoms in total. The van der Waals surface area contributed by atoms with Crippen LogP contribution < -0.4 is 10.4 Å². The zero-order chi connectivity index (χ0) is 20.4. The van der Waals surface area contributed by atoms with Crippen molar-refractivity contribution in [3.8, 4) is 5.75 Å². The van der Waals surface area contributed by atoms with E-state index in [0.717, 1.165) is 18.5 Å². The molecule has 0 amide bonds. The highest BCUT2D eigenvalue weighted by molar-refractivity contribution is 5.90. The molecule has 1 fully saturated rings. The number of fused-ring (bicyclic) bond motifs is 1. The van der Waals surface area contributed by atoms with Crippen molar-refractivity contribution in [2.75, 3.05) is 7.11 Å². The van der Waals surface area contributed by atoms with Crippen LogP contribution in [0.15, 0.2) is 39.7 Å². The van der Waals surface area contributed by atoms with Crippen molar-refractivity contribution in [3.05, 3.63) is 57.7 Å². The molecule has 0 N–H and O–H groups in total. The third kappa shape index (κ3) is 3.90. The van der Waals surface area contributed by atoms with Crippen LogP contribution in [0.1, 0.15) is 59.8 Å². The van der Waals surface area contributed by atoms with Crippen molar-refractivity contribution in [2.24, 2.45) is 0 Å². The molecule has 0 atom stereocenters. The maximum atomic E-state index is 12.7. The number of nitrogens with zero attached hydrogens (tertiary/aromatic N) is 2. The van der Waals surface area contributed by atoms with Crippen molar-refractivity contribution in [1.29, 1.82) is 0 Å². The maximum absolute atomic E-state index is 12.7. The highest BCUT2D eigenvalue weighted by Crippen LogP contribution is 2.29. The Morgan fingerprint density at radius 2 is 2.03 bits per heavy atom. The van der Waals surface area contributed by atoms with Gasteiger partial charge in [0.15, 0.2) is 0 Å². The number of methoxy groups -OCH3 is 1. The van der Waals surface area contributed by atoms with Gasteiger partial charge in [-0.05, 0) is 31.9 Å². The lowest BCUT2D eigenvalue weighted by Gasteiger charge is -2.23. The molecule has 0 aliphatic heterocycles. The number of hydrogen-bond acceptors (Lipinski definition) is 6. The molecule has 1 aliphatic rings. The number of carbonyl (C=O) groups is 1. The maximum Gasteiger partial charge on any atom is 0.341 e. The van der Waals surface area contributed by atoms with Crippen molar-refractivity contribution in [2.45, 2.75) is 51.7 Å². The summed E-state index contributed by atoms with van der Waals surface area (Å²) in [6.45, 7) is 1.87. The normalized spacial score (nSPS) is 14.8. The molecule has 0 unspecified atom stereocenters. The van der Waals surface area contributed by atoms with Crippen LogP contribution in [0.4, 0.5) is 0 Å². The van der Waals surface area contributed by atoms with Gasteiger partial charge in [0, 0.05) is 23.1 Å². The van der Waals surface area contributed by atoms with Gasteiger partial charge in [0.2, 0.25) is 0 Å². The standard InChI is InChI=1S/C22H24N2O5/c1-14-19(12-23-24(14)16-6-4-3-5-7-16)22(26)28-13-15-10-21(25)29-20-11-17(27-2)8-9-18(15)20/h8-12,16H,3-7,13H2,1-2H3. The van der Waals surface area contributed by atoms with E-state index in [0.29, 0.717) is 33.9 Å². The lowest BCUT2D eigenvalue weighted by molar-refractivity contribution is 0.0472. The minimum Gasteiger partial charge on any atom is -0.497 e. The minimum absolute atomic E-state index is 0.0265. The van der Waals surface area contributed by atoms with Crippen LogP contribution in [0.5, 0.6) is 5.75 Å². The van der Waals surface area contributed by atoms with Gasteiger partial charge in [0.25, 0.3) is 0 Å². The summed E-state index contributed by atoms with van der Waals surface area (Å²) in [4.78, 5) is 24.5. The topological polar surface area (TPSA) is 83.6 Å². The second-order valence-electron chi connectivity index (χ2n) is 7.41. The molecule has 0 radical (unpaired) electrons. The summed E-state index contributed by atoms with van der Waals surface area (Å²) in [6.07, 6.45) is 7.40. The van der Waals surface area contributed by atoms with Gasteiger partial charge in [-0.25, -0.2) is 9.59 Å². The number of carbonyl (C=O) groups excluding carboxylic acids is 1. The predicted molar refractivity (Wildman–Crippen MR) is 107 cm³/mol. The highest BCUT2D eigenvalue weighted by Gasteiger charge is 2.22. The summed E-state index contributed by atoms with van der Waals surface area (Å²) in [6, 6.07) is 6.89. The quantitative estimate of drug-likeness (QED) is 0.475. The van der Waals surface area contributed by atoms with Gasteiger partial charge >= 0.3 is 11.6 Å². The Morgan fingerprint density at radius 1 is 1.24 bits per heavy atom. The van der Waals surface area contributed by atoms with Crippen LogP contribution in [-0.2, 0) is 11.3 Å². The van der Waals surface area contributed by atoms with E-state index in [9.17, 15) is 9.59 Å². The third-order valence-corrected chi connectivity index (χ3v) is 5.58. The number of benzene rings is 1. The number of ether oxygens (including phenoxy) is 2. The fraction of sp³-hybridized carbons (Fsp3) is 0.409. The van der Waals surface area contributed by atoms with Crippen LogP contribution in [0.25, 0.3) is 11.0 Å². The van der Waals surface area contributed by atoms with Crippen molar-refractivity contribution in [1.82, 2.24) is 9.78 Å². The molecular weight excluding hydrogens is 372 g/mol. The Balaban J connectivity index is 1.53. The minimum atomic E-state index is -0.502. The summed E-state index contributed by atoms with van der Waals surface area (Å²) in [5.74, 6) is 0.139. The van der Waals surface area contributed by atoms with E-state index >= 15 is 0 Å². The first-order valence-electron chi connectivity index (χ1n) is 9.89. The van der Waals surface area contributed by atoms with E-state index in [1.165, 1.54) is 25.3 Å². The summed E-state index contributed by atoms with van der Waals surface area (Å²) < 4.78 is 17.9. The van der Waals surface area contributed by atoms with Gasteiger partial charge in [-0.3, -0.25) is 4.68 Å². The van der Waals surface area contributed by atoms with Crippen LogP contribution >= 0.6 is 0 Å². The van der Waals surface area contributed by atoms with E-state index in [1.54, 1.807) is 31.5 Å².